The molecule has 0 aliphatic carbocycles. The highest BCUT2D eigenvalue weighted by atomic mass is 35.5. The van der Waals surface area contributed by atoms with Gasteiger partial charge in [0.05, 0.1) is 0 Å². The number of hydrogen-bond donors (Lipinski definition) is 2. The number of carbonyl (C=O) groups excluding carboxylic acids is 1. The van der Waals surface area contributed by atoms with Crippen LogP contribution in [-0.2, 0) is 17.4 Å². The highest BCUT2D eigenvalue weighted by Gasteiger charge is 2.29. The topological polar surface area (TPSA) is 97.4 Å². The molecular formula is C21H27ClN5O2+. The van der Waals surface area contributed by atoms with Gasteiger partial charge in [0.25, 0.3) is 0 Å². The number of benzene rings is 1. The average Bonchev–Trinajstić information content (AvgIpc) is 2.88. The van der Waals surface area contributed by atoms with Crippen molar-refractivity contribution in [1.29, 1.82) is 0 Å². The van der Waals surface area contributed by atoms with Crippen molar-refractivity contribution in [3.8, 4) is 5.75 Å². The van der Waals surface area contributed by atoms with Gasteiger partial charge in [0.2, 0.25) is 5.78 Å². The molecule has 3 rings (SSSR count). The summed E-state index contributed by atoms with van der Waals surface area (Å²) < 4.78 is 2.90. The highest BCUT2D eigenvalue weighted by Crippen LogP contribution is 2.39. The van der Waals surface area contributed by atoms with E-state index in [0.29, 0.717) is 11.2 Å². The van der Waals surface area contributed by atoms with E-state index in [4.69, 9.17) is 17.3 Å². The van der Waals surface area contributed by atoms with Crippen molar-refractivity contribution in [2.45, 2.75) is 58.9 Å². The number of nitrogens with zero attached hydrogens (tertiary/aromatic N) is 4. The predicted octanol–water partition coefficient (Wildman–Crippen LogP) is 3.44. The van der Waals surface area contributed by atoms with E-state index in [1.165, 1.54) is 9.20 Å². The Hall–Kier alpha value is -2.67. The zero-order valence-electron chi connectivity index (χ0n) is 17.6. The monoisotopic (exact) mass is 416 g/mol. The van der Waals surface area contributed by atoms with Crippen molar-refractivity contribution in [2.75, 3.05) is 5.73 Å². The minimum absolute atomic E-state index is 0.0120. The lowest BCUT2D eigenvalue weighted by Gasteiger charge is -2.28. The Morgan fingerprint density at radius 2 is 1.69 bits per heavy atom. The summed E-state index contributed by atoms with van der Waals surface area (Å²) in [7, 11) is 0. The summed E-state index contributed by atoms with van der Waals surface area (Å²) >= 11 is 5.92. The Labute approximate surface area is 175 Å². The molecule has 0 fully saturated rings. The van der Waals surface area contributed by atoms with Crippen LogP contribution in [0.3, 0.4) is 0 Å². The summed E-state index contributed by atoms with van der Waals surface area (Å²) in [4.78, 5) is 13.2. The first-order chi connectivity index (χ1) is 13.3. The fraction of sp³-hybridized carbons (Fsp3) is 0.429. The minimum atomic E-state index is -0.320. The van der Waals surface area contributed by atoms with Crippen LogP contribution in [0.5, 0.6) is 5.75 Å². The number of carbonyl (C=O) groups is 1. The Kier molecular flexibility index (Phi) is 5.07. The molecule has 154 valence electrons. The third-order valence-corrected chi connectivity index (χ3v) is 5.03. The van der Waals surface area contributed by atoms with Crippen LogP contribution >= 0.6 is 11.6 Å². The van der Waals surface area contributed by atoms with Gasteiger partial charge in [0, 0.05) is 22.8 Å². The van der Waals surface area contributed by atoms with E-state index in [9.17, 15) is 9.90 Å². The zero-order valence-corrected chi connectivity index (χ0v) is 18.4. The summed E-state index contributed by atoms with van der Waals surface area (Å²) in [5.74, 6) is 0.248. The van der Waals surface area contributed by atoms with Gasteiger partial charge in [-0.05, 0) is 34.1 Å². The second-order valence-electron chi connectivity index (χ2n) is 9.29. The van der Waals surface area contributed by atoms with Crippen molar-refractivity contribution in [2.24, 2.45) is 0 Å². The number of halogens is 1. The number of nitrogen functional groups attached to an aromatic ring is 1. The van der Waals surface area contributed by atoms with E-state index in [1.807, 2.05) is 41.5 Å². The first kappa shape index (κ1) is 21.0. The van der Waals surface area contributed by atoms with Crippen LogP contribution in [0.25, 0.3) is 5.65 Å². The third kappa shape index (κ3) is 4.05. The highest BCUT2D eigenvalue weighted by molar-refractivity contribution is 6.29. The van der Waals surface area contributed by atoms with Gasteiger partial charge in [-0.15, -0.1) is 4.68 Å². The maximum Gasteiger partial charge on any atom is 0.355 e. The van der Waals surface area contributed by atoms with Crippen LogP contribution in [0.4, 0.5) is 5.95 Å². The van der Waals surface area contributed by atoms with E-state index < -0.39 is 0 Å². The molecule has 0 aliphatic heterocycles. The SMILES string of the molecule is CC(C)(C)c1cc(C(=O)C[n+]2nc(N)n3nc(Cl)ccc32)cc(C(C)(C)C)c1O. The van der Waals surface area contributed by atoms with Crippen LogP contribution in [0, 0.1) is 0 Å². The molecule has 0 amide bonds. The normalized spacial score (nSPS) is 12.5. The number of rotatable bonds is 3. The van der Waals surface area contributed by atoms with Crippen LogP contribution in [0.1, 0.15) is 63.0 Å². The Bertz CT molecular complexity index is 1070. The summed E-state index contributed by atoms with van der Waals surface area (Å²) in [6.45, 7) is 12.1. The molecule has 0 aliphatic rings. The molecule has 0 saturated carbocycles. The summed E-state index contributed by atoms with van der Waals surface area (Å²) in [5, 5.41) is 19.5. The third-order valence-electron chi connectivity index (χ3n) is 4.83. The number of phenolic OH excluding ortho intramolecular Hbond substituents is 1. The molecular weight excluding hydrogens is 390 g/mol. The maximum atomic E-state index is 13.2. The minimum Gasteiger partial charge on any atom is -0.507 e. The Balaban J connectivity index is 2.08. The van der Waals surface area contributed by atoms with E-state index in [2.05, 4.69) is 10.2 Å². The Morgan fingerprint density at radius 1 is 1.14 bits per heavy atom. The number of aromatic hydroxyl groups is 1. The van der Waals surface area contributed by atoms with Gasteiger partial charge in [-0.25, -0.2) is 0 Å². The quantitative estimate of drug-likeness (QED) is 0.503. The Morgan fingerprint density at radius 3 is 2.21 bits per heavy atom. The number of hydrogen-bond acceptors (Lipinski definition) is 5. The molecule has 0 saturated heterocycles. The molecule has 0 spiro atoms. The van der Waals surface area contributed by atoms with Gasteiger partial charge >= 0.3 is 11.6 Å². The second-order valence-corrected chi connectivity index (χ2v) is 9.67. The molecule has 0 bridgehead atoms. The summed E-state index contributed by atoms with van der Waals surface area (Å²) in [6, 6.07) is 6.87. The molecule has 1 aromatic carbocycles. The van der Waals surface area contributed by atoms with Crippen molar-refractivity contribution in [3.63, 3.8) is 0 Å². The van der Waals surface area contributed by atoms with Gasteiger partial charge in [0.1, 0.15) is 5.75 Å². The van der Waals surface area contributed by atoms with E-state index in [0.717, 1.165) is 11.1 Å². The number of nitrogens with two attached hydrogens (primary N) is 1. The molecule has 0 radical (unpaired) electrons. The molecule has 2 heterocycles. The molecule has 7 nitrogen and oxygen atoms in total. The second kappa shape index (κ2) is 6.99. The molecule has 3 N–H and O–H groups in total. The van der Waals surface area contributed by atoms with E-state index >= 15 is 0 Å². The van der Waals surface area contributed by atoms with Gasteiger partial charge in [0.15, 0.2) is 11.7 Å². The predicted molar refractivity (Wildman–Crippen MR) is 112 cm³/mol. The molecule has 8 heteroatoms. The molecule has 0 unspecified atom stereocenters. The smallest absolute Gasteiger partial charge is 0.355 e. The lowest BCUT2D eigenvalue weighted by Crippen LogP contribution is -2.40. The molecule has 29 heavy (non-hydrogen) atoms. The number of phenols is 1. The number of anilines is 1. The van der Waals surface area contributed by atoms with Crippen molar-refractivity contribution >= 4 is 29.0 Å². The summed E-state index contributed by atoms with van der Waals surface area (Å²) in [6.07, 6.45) is 0. The van der Waals surface area contributed by atoms with Gasteiger partial charge in [-0.1, -0.05) is 62.8 Å². The number of Topliss-reactive ketones (excluding diaryl/α,β-unsaturated/α-hetero) is 1. The zero-order chi connectivity index (χ0) is 21.7. The lowest BCUT2D eigenvalue weighted by molar-refractivity contribution is -0.714. The fourth-order valence-electron chi connectivity index (χ4n) is 3.26. The van der Waals surface area contributed by atoms with E-state index in [-0.39, 0.29) is 40.0 Å². The fourth-order valence-corrected chi connectivity index (χ4v) is 3.40. The first-order valence-corrected chi connectivity index (χ1v) is 9.79. The average molecular weight is 417 g/mol. The number of aromatic nitrogens is 4. The van der Waals surface area contributed by atoms with E-state index in [1.54, 1.807) is 24.3 Å². The molecule has 0 atom stereocenters. The number of fused-ring (bicyclic) bond motifs is 1. The maximum absolute atomic E-state index is 13.2. The van der Waals surface area contributed by atoms with Crippen LogP contribution in [0.2, 0.25) is 5.15 Å². The molecule has 2 aromatic heterocycles. The van der Waals surface area contributed by atoms with Gasteiger partial charge < -0.3 is 10.8 Å². The largest absolute Gasteiger partial charge is 0.507 e. The summed E-state index contributed by atoms with van der Waals surface area (Å²) in [5.41, 5.74) is 7.82. The van der Waals surface area contributed by atoms with Crippen LogP contribution in [0.15, 0.2) is 24.3 Å². The lowest BCUT2D eigenvalue weighted by atomic mass is 9.78. The van der Waals surface area contributed by atoms with Gasteiger partial charge in [-0.2, -0.15) is 0 Å². The van der Waals surface area contributed by atoms with Gasteiger partial charge in [-0.3, -0.25) is 4.79 Å². The van der Waals surface area contributed by atoms with Crippen LogP contribution < -0.4 is 10.4 Å². The van der Waals surface area contributed by atoms with Crippen molar-refractivity contribution < 1.29 is 14.6 Å². The van der Waals surface area contributed by atoms with Crippen LogP contribution in [-0.4, -0.2) is 25.6 Å². The number of ketones is 1. The molecule has 3 aromatic rings. The first-order valence-electron chi connectivity index (χ1n) is 9.41. The standard InChI is InChI=1S/C21H26ClN5O2/c1-20(2,3)13-9-12(10-14(18(13)29)21(4,5)6)15(28)11-26-17-8-7-16(22)24-27(17)19(23)25-26/h7-10H,11H2,1-6H3,(H2-,23,24,25,28,29)/p+1. The van der Waals surface area contributed by atoms with Crippen molar-refractivity contribution in [3.05, 3.63) is 46.1 Å². The van der Waals surface area contributed by atoms with Crippen molar-refractivity contribution in [1.82, 2.24) is 14.7 Å².